The van der Waals surface area contributed by atoms with E-state index in [2.05, 4.69) is 17.6 Å². The minimum absolute atomic E-state index is 0.0677. The van der Waals surface area contributed by atoms with E-state index in [1.54, 1.807) is 4.90 Å². The summed E-state index contributed by atoms with van der Waals surface area (Å²) in [5.41, 5.74) is 0. The van der Waals surface area contributed by atoms with Gasteiger partial charge in [0.2, 0.25) is 5.91 Å². The zero-order valence-electron chi connectivity index (χ0n) is 13.1. The van der Waals surface area contributed by atoms with Gasteiger partial charge < -0.3 is 20.3 Å². The molecule has 2 rings (SSSR count). The van der Waals surface area contributed by atoms with Crippen LogP contribution in [0.2, 0.25) is 0 Å². The number of carbonyl (C=O) groups is 2. The highest BCUT2D eigenvalue weighted by molar-refractivity contribution is 5.82. The Morgan fingerprint density at radius 3 is 2.62 bits per heavy atom. The van der Waals surface area contributed by atoms with Crippen molar-refractivity contribution < 1.29 is 14.3 Å². The number of carbonyl (C=O) groups excluding carboxylic acids is 2. The van der Waals surface area contributed by atoms with Crippen LogP contribution in [0.5, 0.6) is 0 Å². The summed E-state index contributed by atoms with van der Waals surface area (Å²) in [5, 5.41) is 6.44. The van der Waals surface area contributed by atoms with E-state index in [-0.39, 0.29) is 24.1 Å². The second-order valence-electron chi connectivity index (χ2n) is 6.02. The van der Waals surface area contributed by atoms with Crippen LogP contribution in [0, 0.1) is 5.92 Å². The fraction of sp³-hybridized carbons (Fsp3) is 0.867. The van der Waals surface area contributed by atoms with Crippen LogP contribution in [0.15, 0.2) is 0 Å². The van der Waals surface area contributed by atoms with Gasteiger partial charge in [-0.3, -0.25) is 4.79 Å². The molecule has 6 heteroatoms. The minimum Gasteiger partial charge on any atom is -0.450 e. The summed E-state index contributed by atoms with van der Waals surface area (Å²) in [6.45, 7) is 6.56. The van der Waals surface area contributed by atoms with Gasteiger partial charge >= 0.3 is 6.09 Å². The monoisotopic (exact) mass is 297 g/mol. The molecule has 0 bridgehead atoms. The minimum atomic E-state index is -0.246. The van der Waals surface area contributed by atoms with Gasteiger partial charge in [-0.2, -0.15) is 0 Å². The lowest BCUT2D eigenvalue weighted by Crippen LogP contribution is -2.55. The second-order valence-corrected chi connectivity index (χ2v) is 6.02. The summed E-state index contributed by atoms with van der Waals surface area (Å²) < 4.78 is 5.00. The Hall–Kier alpha value is -1.30. The fourth-order valence-corrected chi connectivity index (χ4v) is 3.11. The summed E-state index contributed by atoms with van der Waals surface area (Å²) in [6, 6.07) is 0.0981. The molecule has 0 aromatic heterocycles. The normalized spacial score (nSPS) is 27.2. The standard InChI is InChI=1S/C15H27N3O3/c1-3-21-15(20)18-9-6-12(7-10-18)17-14(19)13-11(2)5-4-8-16-13/h11-13,16H,3-10H2,1-2H3,(H,17,19). The van der Waals surface area contributed by atoms with E-state index in [0.29, 0.717) is 25.6 Å². The van der Waals surface area contributed by atoms with Crippen molar-refractivity contribution in [2.75, 3.05) is 26.2 Å². The first-order valence-electron chi connectivity index (χ1n) is 8.07. The van der Waals surface area contributed by atoms with Crippen LogP contribution < -0.4 is 10.6 Å². The summed E-state index contributed by atoms with van der Waals surface area (Å²) in [5.74, 6) is 0.496. The lowest BCUT2D eigenvalue weighted by molar-refractivity contribution is -0.125. The molecule has 2 atom stereocenters. The summed E-state index contributed by atoms with van der Waals surface area (Å²) in [7, 11) is 0. The van der Waals surface area contributed by atoms with Gasteiger partial charge in [0.1, 0.15) is 0 Å². The maximum atomic E-state index is 12.3. The molecule has 2 amide bonds. The molecule has 2 aliphatic heterocycles. The zero-order valence-corrected chi connectivity index (χ0v) is 13.1. The average molecular weight is 297 g/mol. The first-order chi connectivity index (χ1) is 10.1. The van der Waals surface area contributed by atoms with Gasteiger partial charge in [0, 0.05) is 19.1 Å². The van der Waals surface area contributed by atoms with Crippen molar-refractivity contribution in [2.45, 2.75) is 51.6 Å². The number of amides is 2. The smallest absolute Gasteiger partial charge is 0.409 e. The molecule has 120 valence electrons. The molecular formula is C15H27N3O3. The van der Waals surface area contributed by atoms with Crippen LogP contribution in [-0.4, -0.2) is 55.2 Å². The van der Waals surface area contributed by atoms with Crippen molar-refractivity contribution in [1.29, 1.82) is 0 Å². The van der Waals surface area contributed by atoms with E-state index in [4.69, 9.17) is 4.74 Å². The van der Waals surface area contributed by atoms with E-state index in [1.165, 1.54) is 0 Å². The van der Waals surface area contributed by atoms with Gasteiger partial charge in [-0.25, -0.2) is 4.79 Å². The highest BCUT2D eigenvalue weighted by Crippen LogP contribution is 2.17. The number of hydrogen-bond acceptors (Lipinski definition) is 4. The third-order valence-corrected chi connectivity index (χ3v) is 4.42. The topological polar surface area (TPSA) is 70.7 Å². The third-order valence-electron chi connectivity index (χ3n) is 4.42. The van der Waals surface area contributed by atoms with Crippen LogP contribution in [0.1, 0.15) is 39.5 Å². The van der Waals surface area contributed by atoms with E-state index >= 15 is 0 Å². The lowest BCUT2D eigenvalue weighted by Gasteiger charge is -2.34. The van der Waals surface area contributed by atoms with Gasteiger partial charge in [0.15, 0.2) is 0 Å². The molecule has 0 aromatic carbocycles. The summed E-state index contributed by atoms with van der Waals surface area (Å²) in [4.78, 5) is 25.7. The van der Waals surface area contributed by atoms with Crippen molar-refractivity contribution in [3.05, 3.63) is 0 Å². The molecule has 0 spiro atoms. The van der Waals surface area contributed by atoms with Gasteiger partial charge in [-0.1, -0.05) is 6.92 Å². The molecule has 21 heavy (non-hydrogen) atoms. The number of piperidine rings is 2. The molecule has 2 heterocycles. The number of ether oxygens (including phenoxy) is 1. The van der Waals surface area contributed by atoms with Crippen LogP contribution in [-0.2, 0) is 9.53 Å². The van der Waals surface area contributed by atoms with Crippen LogP contribution in [0.3, 0.4) is 0 Å². The molecular weight excluding hydrogens is 270 g/mol. The predicted octanol–water partition coefficient (Wildman–Crippen LogP) is 1.11. The fourth-order valence-electron chi connectivity index (χ4n) is 3.11. The second kappa shape index (κ2) is 7.64. The maximum absolute atomic E-state index is 12.3. The van der Waals surface area contributed by atoms with Crippen molar-refractivity contribution >= 4 is 12.0 Å². The quantitative estimate of drug-likeness (QED) is 0.819. The van der Waals surface area contributed by atoms with E-state index in [1.807, 2.05) is 6.92 Å². The lowest BCUT2D eigenvalue weighted by atomic mass is 9.91. The van der Waals surface area contributed by atoms with Crippen molar-refractivity contribution in [3.63, 3.8) is 0 Å². The number of likely N-dealkylation sites (tertiary alicyclic amines) is 1. The van der Waals surface area contributed by atoms with Crippen molar-refractivity contribution in [3.8, 4) is 0 Å². The molecule has 2 saturated heterocycles. The Labute approximate surface area is 126 Å². The number of hydrogen-bond donors (Lipinski definition) is 2. The number of rotatable bonds is 3. The van der Waals surface area contributed by atoms with Gasteiger partial charge in [0.25, 0.3) is 0 Å². The highest BCUT2D eigenvalue weighted by Gasteiger charge is 2.30. The Kier molecular flexibility index (Phi) is 5.85. The SMILES string of the molecule is CCOC(=O)N1CCC(NC(=O)C2NCCCC2C)CC1. The van der Waals surface area contributed by atoms with E-state index in [9.17, 15) is 9.59 Å². The molecule has 2 fully saturated rings. The van der Waals surface area contributed by atoms with Crippen molar-refractivity contribution in [1.82, 2.24) is 15.5 Å². The van der Waals surface area contributed by atoms with E-state index < -0.39 is 0 Å². The van der Waals surface area contributed by atoms with Gasteiger partial charge in [-0.15, -0.1) is 0 Å². The molecule has 2 N–H and O–H groups in total. The molecule has 0 aliphatic carbocycles. The van der Waals surface area contributed by atoms with Crippen molar-refractivity contribution in [2.24, 2.45) is 5.92 Å². The summed E-state index contributed by atoms with van der Waals surface area (Å²) in [6.07, 6.45) is 3.59. The number of nitrogens with zero attached hydrogens (tertiary/aromatic N) is 1. The molecule has 6 nitrogen and oxygen atoms in total. The first kappa shape index (κ1) is 16.1. The molecule has 2 aliphatic rings. The molecule has 0 saturated carbocycles. The average Bonchev–Trinajstić information content (AvgIpc) is 2.48. The van der Waals surface area contributed by atoms with Crippen LogP contribution in [0.25, 0.3) is 0 Å². The Balaban J connectivity index is 1.75. The molecule has 2 unspecified atom stereocenters. The van der Waals surface area contributed by atoms with E-state index in [0.717, 1.165) is 32.2 Å². The number of nitrogens with one attached hydrogen (secondary N) is 2. The van der Waals surface area contributed by atoms with Crippen LogP contribution >= 0.6 is 0 Å². The maximum Gasteiger partial charge on any atom is 0.409 e. The van der Waals surface area contributed by atoms with Gasteiger partial charge in [-0.05, 0) is 45.1 Å². The molecule has 0 aromatic rings. The highest BCUT2D eigenvalue weighted by atomic mass is 16.6. The Bertz CT molecular complexity index is 367. The molecule has 0 radical (unpaired) electrons. The Morgan fingerprint density at radius 2 is 2.00 bits per heavy atom. The summed E-state index contributed by atoms with van der Waals surface area (Å²) >= 11 is 0. The first-order valence-corrected chi connectivity index (χ1v) is 8.07. The largest absolute Gasteiger partial charge is 0.450 e. The van der Waals surface area contributed by atoms with Gasteiger partial charge in [0.05, 0.1) is 12.6 Å². The third kappa shape index (κ3) is 4.33. The Morgan fingerprint density at radius 1 is 1.29 bits per heavy atom. The zero-order chi connectivity index (χ0) is 15.2. The van der Waals surface area contributed by atoms with Crippen LogP contribution in [0.4, 0.5) is 4.79 Å². The predicted molar refractivity (Wildman–Crippen MR) is 79.9 cm³/mol.